The molecule has 0 atom stereocenters. The fourth-order valence-corrected chi connectivity index (χ4v) is 3.94. The van der Waals surface area contributed by atoms with Gasteiger partial charge in [-0.25, -0.2) is 4.57 Å². The molecule has 0 bridgehead atoms. The number of ether oxygens (including phenoxy) is 1. The van der Waals surface area contributed by atoms with Crippen LogP contribution in [0.4, 0.5) is 16.5 Å². The van der Waals surface area contributed by atoms with Gasteiger partial charge in [0.2, 0.25) is 0 Å². The zero-order valence-corrected chi connectivity index (χ0v) is 25.6. The zero-order chi connectivity index (χ0) is 20.8. The largest absolute Gasteiger partial charge is 1.00 e. The van der Waals surface area contributed by atoms with Crippen molar-refractivity contribution in [3.8, 4) is 5.75 Å². The first-order valence-electron chi connectivity index (χ1n) is 9.59. The van der Waals surface area contributed by atoms with Crippen LogP contribution in [0, 0.1) is 0 Å². The molecule has 0 spiro atoms. The second kappa shape index (κ2) is 14.4. The summed E-state index contributed by atoms with van der Waals surface area (Å²) in [6, 6.07) is 22.7. The van der Waals surface area contributed by atoms with Crippen molar-refractivity contribution in [3.05, 3.63) is 83.7 Å². The van der Waals surface area contributed by atoms with Crippen molar-refractivity contribution in [1.82, 2.24) is 0 Å². The monoisotopic (exact) mass is 495 g/mol. The first-order valence-corrected chi connectivity index (χ1v) is 10.4. The van der Waals surface area contributed by atoms with Crippen LogP contribution in [0.1, 0.15) is 5.56 Å². The molecule has 1 aromatic heterocycles. The van der Waals surface area contributed by atoms with Gasteiger partial charge >= 0.3 is 108 Å². The molecule has 4 rings (SSSR count). The third kappa shape index (κ3) is 8.04. The van der Waals surface area contributed by atoms with E-state index in [2.05, 4.69) is 15.5 Å². The van der Waals surface area contributed by atoms with Crippen molar-refractivity contribution in [3.63, 3.8) is 0 Å². The molecule has 1 heterocycles. The van der Waals surface area contributed by atoms with Crippen LogP contribution in [-0.2, 0) is 18.4 Å². The quantitative estimate of drug-likeness (QED) is 0.142. The first kappa shape index (κ1) is 28.2. The van der Waals surface area contributed by atoms with Crippen molar-refractivity contribution in [2.45, 2.75) is 6.61 Å². The molecule has 0 saturated heterocycles. The number of azo groups is 1. The Kier molecular flexibility index (Phi) is 12.7. The summed E-state index contributed by atoms with van der Waals surface area (Å²) in [5, 5.41) is 25.4. The van der Waals surface area contributed by atoms with E-state index in [1.165, 1.54) is 11.3 Å². The number of thiazole rings is 1. The van der Waals surface area contributed by atoms with Crippen molar-refractivity contribution in [2.75, 3.05) is 13.2 Å². The summed E-state index contributed by atoms with van der Waals surface area (Å²) in [5.74, 6) is -0.00218. The van der Waals surface area contributed by atoms with E-state index in [1.54, 1.807) is 12.1 Å². The third-order valence-corrected chi connectivity index (χ3v) is 5.61. The van der Waals surface area contributed by atoms with Gasteiger partial charge in [0.15, 0.2) is 0 Å². The SMILES string of the molecule is C[n+]1c(N=Nc2ccc([N-]CCOCc3ccccc3)cc2)sc2cc([O-])ccc21.[K+].[K+]. The Morgan fingerprint density at radius 2 is 1.72 bits per heavy atom. The molecular weight excluding hydrogens is 475 g/mol. The minimum atomic E-state index is -0.00218. The van der Waals surface area contributed by atoms with Crippen molar-refractivity contribution >= 4 is 38.1 Å². The Balaban J connectivity index is 0.00000181. The van der Waals surface area contributed by atoms with Crippen molar-refractivity contribution < 1.29 is 117 Å². The molecule has 4 aromatic rings. The van der Waals surface area contributed by atoms with Gasteiger partial charge in [-0.05, 0) is 46.3 Å². The fourth-order valence-electron chi connectivity index (χ4n) is 2.94. The van der Waals surface area contributed by atoms with Crippen LogP contribution in [0.3, 0.4) is 0 Å². The van der Waals surface area contributed by atoms with Crippen LogP contribution in [0.15, 0.2) is 83.0 Å². The van der Waals surface area contributed by atoms with E-state index in [0.717, 1.165) is 32.3 Å². The summed E-state index contributed by atoms with van der Waals surface area (Å²) in [6.45, 7) is 1.78. The van der Waals surface area contributed by atoms with Crippen molar-refractivity contribution in [2.24, 2.45) is 17.3 Å². The summed E-state index contributed by atoms with van der Waals surface area (Å²) in [4.78, 5) is 0. The van der Waals surface area contributed by atoms with Crippen LogP contribution in [0.5, 0.6) is 5.75 Å². The molecule has 0 aliphatic carbocycles. The third-order valence-electron chi connectivity index (χ3n) is 4.52. The maximum absolute atomic E-state index is 11.5. The molecule has 0 fully saturated rings. The minimum Gasteiger partial charge on any atom is -0.872 e. The molecule has 0 saturated carbocycles. The Labute approximate surface area is 277 Å². The van der Waals surface area contributed by atoms with Gasteiger partial charge in [-0.1, -0.05) is 48.5 Å². The van der Waals surface area contributed by atoms with E-state index < -0.39 is 0 Å². The molecule has 0 radical (unpaired) electrons. The van der Waals surface area contributed by atoms with Gasteiger partial charge in [0.25, 0.3) is 0 Å². The topological polar surface area (TPSA) is 75.0 Å². The Hall–Kier alpha value is -0.0173. The average molecular weight is 496 g/mol. The van der Waals surface area contributed by atoms with E-state index in [4.69, 9.17) is 4.74 Å². The average Bonchev–Trinajstić information content (AvgIpc) is 3.08. The Morgan fingerprint density at radius 1 is 0.969 bits per heavy atom. The number of rotatable bonds is 8. The van der Waals surface area contributed by atoms with Gasteiger partial charge in [0, 0.05) is 6.61 Å². The van der Waals surface area contributed by atoms with Gasteiger partial charge in [0.1, 0.15) is 11.2 Å². The molecule has 3 aromatic carbocycles. The predicted molar refractivity (Wildman–Crippen MR) is 117 cm³/mol. The van der Waals surface area contributed by atoms with Crippen LogP contribution < -0.4 is 112 Å². The molecule has 32 heavy (non-hydrogen) atoms. The summed E-state index contributed by atoms with van der Waals surface area (Å²) in [7, 11) is 1.92. The standard InChI is InChI=1S/C23H22N4O2S.2K/c1-27-21-12-11-20(28)15-22(21)30-23(27)26-25-19-9-7-18(8-10-19)24-13-14-29-16-17-5-3-2-4-6-17;;/h2-12,15,28H,13-14,16H2,1H3;;/q;2*+1/p-1. The number of hydrogen-bond donors (Lipinski definition) is 0. The number of nitrogens with zero attached hydrogens (tertiary/aromatic N) is 4. The first-order chi connectivity index (χ1) is 14.7. The molecule has 9 heteroatoms. The van der Waals surface area contributed by atoms with Crippen LogP contribution in [-0.4, -0.2) is 13.2 Å². The van der Waals surface area contributed by atoms with Crippen molar-refractivity contribution in [1.29, 1.82) is 0 Å². The van der Waals surface area contributed by atoms with Gasteiger partial charge in [-0.15, -0.1) is 18.0 Å². The van der Waals surface area contributed by atoms with E-state index in [0.29, 0.717) is 19.8 Å². The number of hydrogen-bond acceptors (Lipinski definition) is 5. The van der Waals surface area contributed by atoms with E-state index in [1.807, 2.05) is 72.3 Å². The van der Waals surface area contributed by atoms with Crippen LogP contribution >= 0.6 is 11.3 Å². The van der Waals surface area contributed by atoms with Crippen LogP contribution in [0.25, 0.3) is 15.5 Å². The van der Waals surface area contributed by atoms with Gasteiger partial charge in [0.05, 0.1) is 23.5 Å². The fraction of sp³-hybridized carbons (Fsp3) is 0.174. The molecule has 0 amide bonds. The van der Waals surface area contributed by atoms with Crippen LogP contribution in [0.2, 0.25) is 0 Å². The number of fused-ring (bicyclic) bond motifs is 1. The summed E-state index contributed by atoms with van der Waals surface area (Å²) < 4.78 is 8.49. The minimum absolute atomic E-state index is 0. The smallest absolute Gasteiger partial charge is 0.872 e. The zero-order valence-electron chi connectivity index (χ0n) is 18.6. The summed E-state index contributed by atoms with van der Waals surface area (Å²) in [5.41, 5.74) is 3.76. The van der Waals surface area contributed by atoms with Gasteiger partial charge < -0.3 is 15.2 Å². The number of benzene rings is 3. The van der Waals surface area contributed by atoms with Gasteiger partial charge in [-0.2, -0.15) is 0 Å². The summed E-state index contributed by atoms with van der Waals surface area (Å²) >= 11 is 1.44. The molecule has 6 nitrogen and oxygen atoms in total. The molecule has 0 unspecified atom stereocenters. The molecule has 152 valence electrons. The molecule has 0 N–H and O–H groups in total. The maximum Gasteiger partial charge on any atom is 1.00 e. The van der Waals surface area contributed by atoms with E-state index in [9.17, 15) is 5.11 Å². The second-order valence-electron chi connectivity index (χ2n) is 6.71. The Morgan fingerprint density at radius 3 is 2.47 bits per heavy atom. The molecular formula is C23H21K2N4O2S+. The van der Waals surface area contributed by atoms with Gasteiger partial charge in [-0.3, -0.25) is 0 Å². The second-order valence-corrected chi connectivity index (χ2v) is 7.72. The normalized spacial score (nSPS) is 10.7. The predicted octanol–water partition coefficient (Wildman–Crippen LogP) is -0.555. The Bertz CT molecular complexity index is 1150. The summed E-state index contributed by atoms with van der Waals surface area (Å²) in [6.07, 6.45) is 0. The van der Waals surface area contributed by atoms with E-state index >= 15 is 0 Å². The number of aryl methyl sites for hydroxylation is 1. The molecule has 0 aliphatic heterocycles. The molecule has 0 aliphatic rings. The number of aromatic nitrogens is 1. The maximum atomic E-state index is 11.5. The van der Waals surface area contributed by atoms with E-state index in [-0.39, 0.29) is 109 Å².